The molecular weight excluding hydrogens is 186 g/mol. The summed E-state index contributed by atoms with van der Waals surface area (Å²) < 4.78 is 0. The van der Waals surface area contributed by atoms with Crippen LogP contribution in [0.5, 0.6) is 0 Å². The Labute approximate surface area is 90.1 Å². The van der Waals surface area contributed by atoms with Crippen LogP contribution in [0, 0.1) is 0 Å². The SMILES string of the molecule is CCc1nc(C2CC2)nc2c1C(N)CC2. The number of nitrogens with two attached hydrogens (primary N) is 1. The normalized spacial score (nSPS) is 24.3. The van der Waals surface area contributed by atoms with Gasteiger partial charge in [-0.15, -0.1) is 0 Å². The monoisotopic (exact) mass is 203 g/mol. The van der Waals surface area contributed by atoms with Crippen molar-refractivity contribution in [2.75, 3.05) is 0 Å². The molecule has 80 valence electrons. The van der Waals surface area contributed by atoms with E-state index in [0.717, 1.165) is 25.1 Å². The Morgan fingerprint density at radius 1 is 1.27 bits per heavy atom. The van der Waals surface area contributed by atoms with Crippen LogP contribution in [0.2, 0.25) is 0 Å². The van der Waals surface area contributed by atoms with Gasteiger partial charge in [-0.25, -0.2) is 9.97 Å². The van der Waals surface area contributed by atoms with E-state index in [0.29, 0.717) is 5.92 Å². The van der Waals surface area contributed by atoms with Gasteiger partial charge in [-0.2, -0.15) is 0 Å². The van der Waals surface area contributed by atoms with Crippen molar-refractivity contribution in [1.29, 1.82) is 0 Å². The average Bonchev–Trinajstić information content (AvgIpc) is 3.03. The molecule has 3 rings (SSSR count). The van der Waals surface area contributed by atoms with Gasteiger partial charge in [0.2, 0.25) is 0 Å². The first-order valence-electron chi connectivity index (χ1n) is 5.94. The van der Waals surface area contributed by atoms with Gasteiger partial charge in [0, 0.05) is 28.9 Å². The summed E-state index contributed by atoms with van der Waals surface area (Å²) in [6.07, 6.45) is 5.62. The van der Waals surface area contributed by atoms with Crippen molar-refractivity contribution in [1.82, 2.24) is 9.97 Å². The Balaban J connectivity index is 2.10. The lowest BCUT2D eigenvalue weighted by Gasteiger charge is -2.11. The third-order valence-corrected chi connectivity index (χ3v) is 3.46. The zero-order valence-corrected chi connectivity index (χ0v) is 9.16. The van der Waals surface area contributed by atoms with Crippen molar-refractivity contribution in [3.63, 3.8) is 0 Å². The molecule has 2 N–H and O–H groups in total. The van der Waals surface area contributed by atoms with Crippen molar-refractivity contribution < 1.29 is 0 Å². The molecule has 1 heterocycles. The lowest BCUT2D eigenvalue weighted by atomic mass is 10.1. The van der Waals surface area contributed by atoms with Crippen molar-refractivity contribution in [3.8, 4) is 0 Å². The van der Waals surface area contributed by atoms with Gasteiger partial charge in [-0.05, 0) is 32.1 Å². The van der Waals surface area contributed by atoms with Crippen LogP contribution in [0.4, 0.5) is 0 Å². The molecule has 3 nitrogen and oxygen atoms in total. The van der Waals surface area contributed by atoms with E-state index in [4.69, 9.17) is 5.73 Å². The third-order valence-electron chi connectivity index (χ3n) is 3.46. The zero-order valence-electron chi connectivity index (χ0n) is 9.16. The molecule has 0 aromatic carbocycles. The molecule has 0 amide bonds. The van der Waals surface area contributed by atoms with E-state index < -0.39 is 0 Å². The molecule has 2 aliphatic rings. The molecule has 0 radical (unpaired) electrons. The van der Waals surface area contributed by atoms with Gasteiger partial charge >= 0.3 is 0 Å². The number of fused-ring (bicyclic) bond motifs is 1. The fraction of sp³-hybridized carbons (Fsp3) is 0.667. The Morgan fingerprint density at radius 3 is 2.73 bits per heavy atom. The van der Waals surface area contributed by atoms with Crippen LogP contribution >= 0.6 is 0 Å². The van der Waals surface area contributed by atoms with Gasteiger partial charge < -0.3 is 5.73 Å². The van der Waals surface area contributed by atoms with Crippen LogP contribution in [0.15, 0.2) is 0 Å². The van der Waals surface area contributed by atoms with Crippen LogP contribution in [-0.4, -0.2) is 9.97 Å². The quantitative estimate of drug-likeness (QED) is 0.798. The summed E-state index contributed by atoms with van der Waals surface area (Å²) in [4.78, 5) is 9.37. The second kappa shape index (κ2) is 3.27. The lowest BCUT2D eigenvalue weighted by Crippen LogP contribution is -2.11. The first kappa shape index (κ1) is 9.28. The summed E-state index contributed by atoms with van der Waals surface area (Å²) in [6, 6.07) is 0.184. The topological polar surface area (TPSA) is 51.8 Å². The fourth-order valence-corrected chi connectivity index (χ4v) is 2.44. The van der Waals surface area contributed by atoms with Gasteiger partial charge in [0.05, 0.1) is 0 Å². The Kier molecular flexibility index (Phi) is 2.02. The standard InChI is InChI=1S/C12H17N3/c1-2-9-11-8(13)5-6-10(11)15-12(14-9)7-3-4-7/h7-8H,2-6,13H2,1H3. The molecule has 1 aromatic heterocycles. The van der Waals surface area contributed by atoms with Crippen molar-refractivity contribution in [2.45, 2.75) is 51.0 Å². The van der Waals surface area contributed by atoms with Crippen molar-refractivity contribution >= 4 is 0 Å². The van der Waals surface area contributed by atoms with Gasteiger partial charge in [0.25, 0.3) is 0 Å². The molecule has 0 spiro atoms. The molecule has 0 saturated heterocycles. The summed E-state index contributed by atoms with van der Waals surface area (Å²) in [5.41, 5.74) is 9.77. The first-order chi connectivity index (χ1) is 7.29. The summed E-state index contributed by atoms with van der Waals surface area (Å²) >= 11 is 0. The van der Waals surface area contributed by atoms with E-state index in [1.54, 1.807) is 0 Å². The highest BCUT2D eigenvalue weighted by molar-refractivity contribution is 5.34. The molecule has 1 atom stereocenters. The van der Waals surface area contributed by atoms with Gasteiger partial charge in [0.15, 0.2) is 0 Å². The molecule has 3 heteroatoms. The molecule has 1 fully saturated rings. The van der Waals surface area contributed by atoms with E-state index in [1.807, 2.05) is 0 Å². The molecule has 1 saturated carbocycles. The maximum absolute atomic E-state index is 6.08. The smallest absolute Gasteiger partial charge is 0.131 e. The Morgan fingerprint density at radius 2 is 2.07 bits per heavy atom. The molecule has 1 unspecified atom stereocenters. The molecule has 2 aliphatic carbocycles. The van der Waals surface area contributed by atoms with E-state index in [1.165, 1.54) is 29.8 Å². The minimum atomic E-state index is 0.184. The lowest BCUT2D eigenvalue weighted by molar-refractivity contribution is 0.703. The fourth-order valence-electron chi connectivity index (χ4n) is 2.44. The van der Waals surface area contributed by atoms with Crippen LogP contribution in [0.25, 0.3) is 0 Å². The Hall–Kier alpha value is -0.960. The number of hydrogen-bond donors (Lipinski definition) is 1. The summed E-state index contributed by atoms with van der Waals surface area (Å²) in [5, 5.41) is 0. The van der Waals surface area contributed by atoms with Crippen LogP contribution < -0.4 is 5.73 Å². The minimum absolute atomic E-state index is 0.184. The van der Waals surface area contributed by atoms with Gasteiger partial charge in [-0.1, -0.05) is 6.92 Å². The van der Waals surface area contributed by atoms with Crippen LogP contribution in [0.3, 0.4) is 0 Å². The summed E-state index contributed by atoms with van der Waals surface area (Å²) in [6.45, 7) is 2.16. The van der Waals surface area contributed by atoms with Gasteiger partial charge in [-0.3, -0.25) is 0 Å². The molecular formula is C12H17N3. The molecule has 1 aromatic rings. The van der Waals surface area contributed by atoms with Crippen LogP contribution in [0.1, 0.15) is 60.9 Å². The number of rotatable bonds is 2. The summed E-state index contributed by atoms with van der Waals surface area (Å²) in [5.74, 6) is 1.73. The minimum Gasteiger partial charge on any atom is -0.324 e. The average molecular weight is 203 g/mol. The van der Waals surface area contributed by atoms with E-state index in [9.17, 15) is 0 Å². The number of nitrogens with zero attached hydrogens (tertiary/aromatic N) is 2. The molecule has 0 aliphatic heterocycles. The second-order valence-electron chi connectivity index (χ2n) is 4.66. The maximum Gasteiger partial charge on any atom is 0.131 e. The van der Waals surface area contributed by atoms with E-state index >= 15 is 0 Å². The number of aromatic nitrogens is 2. The first-order valence-corrected chi connectivity index (χ1v) is 5.94. The van der Waals surface area contributed by atoms with Gasteiger partial charge in [0.1, 0.15) is 5.82 Å². The largest absolute Gasteiger partial charge is 0.324 e. The zero-order chi connectivity index (χ0) is 10.4. The highest BCUT2D eigenvalue weighted by Gasteiger charge is 2.31. The third kappa shape index (κ3) is 1.46. The van der Waals surface area contributed by atoms with Crippen LogP contribution in [-0.2, 0) is 12.8 Å². The van der Waals surface area contributed by atoms with Crippen molar-refractivity contribution in [2.24, 2.45) is 5.73 Å². The molecule has 0 bridgehead atoms. The summed E-state index contributed by atoms with van der Waals surface area (Å²) in [7, 11) is 0. The van der Waals surface area contributed by atoms with Crippen molar-refractivity contribution in [3.05, 3.63) is 22.8 Å². The molecule has 15 heavy (non-hydrogen) atoms. The predicted molar refractivity (Wildman–Crippen MR) is 58.6 cm³/mol. The van der Waals surface area contributed by atoms with E-state index in [-0.39, 0.29) is 6.04 Å². The number of hydrogen-bond acceptors (Lipinski definition) is 3. The number of aryl methyl sites for hydroxylation is 2. The Bertz CT molecular complexity index is 396. The van der Waals surface area contributed by atoms with E-state index in [2.05, 4.69) is 16.9 Å². The highest BCUT2D eigenvalue weighted by atomic mass is 14.9. The highest BCUT2D eigenvalue weighted by Crippen LogP contribution is 2.40. The maximum atomic E-state index is 6.08. The predicted octanol–water partition coefficient (Wildman–Crippen LogP) is 1.86. The second-order valence-corrected chi connectivity index (χ2v) is 4.66.